The number of piperazine rings is 1. The van der Waals surface area contributed by atoms with Gasteiger partial charge in [0.25, 0.3) is 5.91 Å². The second kappa shape index (κ2) is 10.5. The monoisotopic (exact) mass is 471 g/mol. The molecule has 4 N–H and O–H groups in total. The Balaban J connectivity index is 1.22. The number of hydrogen-bond donors (Lipinski definition) is 3. The zero-order valence-electron chi connectivity index (χ0n) is 20.1. The molecule has 0 saturated carbocycles. The van der Waals surface area contributed by atoms with Gasteiger partial charge in [-0.25, -0.2) is 10.9 Å². The van der Waals surface area contributed by atoms with Crippen LogP contribution in [0.1, 0.15) is 45.6 Å². The predicted octanol–water partition coefficient (Wildman–Crippen LogP) is 3.52. The first-order valence-corrected chi connectivity index (χ1v) is 12.2. The lowest BCUT2D eigenvalue weighted by molar-refractivity contribution is 0.0664. The molecule has 0 aliphatic carbocycles. The molecule has 0 aromatic heterocycles. The van der Waals surface area contributed by atoms with E-state index < -0.39 is 0 Å². The quantitative estimate of drug-likeness (QED) is 0.477. The number of nitrogen functional groups attached to an aromatic ring is 1. The molecule has 3 aromatic rings. The first-order chi connectivity index (χ1) is 17.1. The highest BCUT2D eigenvalue weighted by atomic mass is 16.5. The fraction of sp³-hybridized carbons (Fsp3) is 0.321. The van der Waals surface area contributed by atoms with E-state index in [-0.39, 0.29) is 18.0 Å². The van der Waals surface area contributed by atoms with Gasteiger partial charge in [0.15, 0.2) is 0 Å². The summed E-state index contributed by atoms with van der Waals surface area (Å²) in [5.74, 6) is 0.967. The van der Waals surface area contributed by atoms with Crippen LogP contribution in [0.25, 0.3) is 0 Å². The topological polar surface area (TPSA) is 82.9 Å². The number of likely N-dealkylation sites (N-methyl/N-ethyl adjacent to an activating group) is 1. The fourth-order valence-electron chi connectivity index (χ4n) is 4.75. The van der Waals surface area contributed by atoms with E-state index in [4.69, 9.17) is 10.5 Å². The molecule has 7 heteroatoms. The van der Waals surface area contributed by atoms with Gasteiger partial charge in [-0.05, 0) is 43.3 Å². The summed E-state index contributed by atoms with van der Waals surface area (Å²) in [4.78, 5) is 17.1. The van der Waals surface area contributed by atoms with Crippen molar-refractivity contribution in [1.29, 1.82) is 0 Å². The van der Waals surface area contributed by atoms with Crippen molar-refractivity contribution in [3.8, 4) is 5.75 Å². The van der Waals surface area contributed by atoms with E-state index >= 15 is 0 Å². The minimum Gasteiger partial charge on any atom is -0.488 e. The molecule has 2 aliphatic rings. The SMILES string of the molecule is CN1CCN(C(=O)c2ccc(C3CC(c4ccccc4OCc4ccccc4N)NN3)cc2)CC1. The number of rotatable bonds is 6. The summed E-state index contributed by atoms with van der Waals surface area (Å²) in [7, 11) is 2.09. The Kier molecular flexibility index (Phi) is 6.99. The molecule has 2 saturated heterocycles. The van der Waals surface area contributed by atoms with Gasteiger partial charge in [0.05, 0.1) is 6.04 Å². The smallest absolute Gasteiger partial charge is 0.253 e. The lowest BCUT2D eigenvalue weighted by Gasteiger charge is -2.32. The number of benzene rings is 3. The number of hydrogen-bond acceptors (Lipinski definition) is 6. The molecule has 2 atom stereocenters. The number of ether oxygens (including phenoxy) is 1. The number of carbonyl (C=O) groups excluding carboxylic acids is 1. The first-order valence-electron chi connectivity index (χ1n) is 12.2. The zero-order valence-corrected chi connectivity index (χ0v) is 20.1. The van der Waals surface area contributed by atoms with Crippen molar-refractivity contribution >= 4 is 11.6 Å². The fourth-order valence-corrected chi connectivity index (χ4v) is 4.75. The highest BCUT2D eigenvalue weighted by Gasteiger charge is 2.28. The number of nitrogens with zero attached hydrogens (tertiary/aromatic N) is 2. The molecule has 7 nitrogen and oxygen atoms in total. The molecule has 1 amide bonds. The summed E-state index contributed by atoms with van der Waals surface area (Å²) in [6.45, 7) is 3.84. The number of para-hydroxylation sites is 2. The molecule has 0 radical (unpaired) electrons. The largest absolute Gasteiger partial charge is 0.488 e. The zero-order chi connectivity index (χ0) is 24.2. The number of nitrogens with two attached hydrogens (primary N) is 1. The summed E-state index contributed by atoms with van der Waals surface area (Å²) in [6, 6.07) is 24.2. The Hall–Kier alpha value is -3.39. The van der Waals surface area contributed by atoms with Gasteiger partial charge >= 0.3 is 0 Å². The van der Waals surface area contributed by atoms with Crippen LogP contribution >= 0.6 is 0 Å². The number of amides is 1. The molecule has 2 fully saturated rings. The first kappa shape index (κ1) is 23.4. The second-order valence-corrected chi connectivity index (χ2v) is 9.37. The van der Waals surface area contributed by atoms with E-state index in [0.717, 1.165) is 66.3 Å². The molecular weight excluding hydrogens is 438 g/mol. The van der Waals surface area contributed by atoms with Gasteiger partial charge in [-0.3, -0.25) is 4.79 Å². The number of anilines is 1. The highest BCUT2D eigenvalue weighted by molar-refractivity contribution is 5.94. The average Bonchev–Trinajstić information content (AvgIpc) is 3.39. The van der Waals surface area contributed by atoms with E-state index in [1.54, 1.807) is 0 Å². The molecule has 0 bridgehead atoms. The Labute approximate surface area is 206 Å². The molecule has 2 unspecified atom stereocenters. The van der Waals surface area contributed by atoms with E-state index in [2.05, 4.69) is 41.0 Å². The van der Waals surface area contributed by atoms with E-state index in [9.17, 15) is 4.79 Å². The summed E-state index contributed by atoms with van der Waals surface area (Å²) >= 11 is 0. The normalized spacial score (nSPS) is 20.7. The van der Waals surface area contributed by atoms with Crippen LogP contribution in [0, 0.1) is 0 Å². The van der Waals surface area contributed by atoms with E-state index in [0.29, 0.717) is 6.61 Å². The van der Waals surface area contributed by atoms with Crippen molar-refractivity contribution in [2.75, 3.05) is 39.0 Å². The van der Waals surface area contributed by atoms with Gasteiger partial charge < -0.3 is 20.3 Å². The molecule has 182 valence electrons. The maximum Gasteiger partial charge on any atom is 0.253 e. The summed E-state index contributed by atoms with van der Waals surface area (Å²) < 4.78 is 6.17. The van der Waals surface area contributed by atoms with Gasteiger partial charge in [-0.1, -0.05) is 48.5 Å². The third kappa shape index (κ3) is 5.32. The third-order valence-corrected chi connectivity index (χ3v) is 6.99. The third-order valence-electron chi connectivity index (χ3n) is 6.99. The highest BCUT2D eigenvalue weighted by Crippen LogP contribution is 2.35. The summed E-state index contributed by atoms with van der Waals surface area (Å²) in [5.41, 5.74) is 17.7. The van der Waals surface area contributed by atoms with Gasteiger partial charge in [-0.2, -0.15) is 0 Å². The van der Waals surface area contributed by atoms with Crippen LogP contribution < -0.4 is 21.3 Å². The number of nitrogens with one attached hydrogen (secondary N) is 2. The van der Waals surface area contributed by atoms with Crippen molar-refractivity contribution in [2.45, 2.75) is 25.1 Å². The standard InChI is InChI=1S/C28H33N5O2/c1-32-14-16-33(17-15-32)28(34)21-12-10-20(11-13-21)25-18-26(31-30-25)23-7-3-5-9-27(23)35-19-22-6-2-4-8-24(22)29/h2-13,25-26,30-31H,14-19,29H2,1H3. The molecule has 0 spiro atoms. The second-order valence-electron chi connectivity index (χ2n) is 9.37. The van der Waals surface area contributed by atoms with Crippen LogP contribution in [-0.4, -0.2) is 48.9 Å². The average molecular weight is 472 g/mol. The van der Waals surface area contributed by atoms with Gasteiger partial charge in [0, 0.05) is 54.6 Å². The molecule has 2 aliphatic heterocycles. The van der Waals surface area contributed by atoms with Crippen molar-refractivity contribution in [3.63, 3.8) is 0 Å². The molecule has 35 heavy (non-hydrogen) atoms. The summed E-state index contributed by atoms with van der Waals surface area (Å²) in [5, 5.41) is 0. The Morgan fingerprint density at radius 2 is 1.60 bits per heavy atom. The van der Waals surface area contributed by atoms with Crippen molar-refractivity contribution < 1.29 is 9.53 Å². The van der Waals surface area contributed by atoms with Gasteiger partial charge in [-0.15, -0.1) is 0 Å². The Morgan fingerprint density at radius 1 is 0.914 bits per heavy atom. The van der Waals surface area contributed by atoms with Crippen LogP contribution in [0.5, 0.6) is 5.75 Å². The lowest BCUT2D eigenvalue weighted by atomic mass is 9.96. The van der Waals surface area contributed by atoms with Crippen molar-refractivity contribution in [1.82, 2.24) is 20.7 Å². The van der Waals surface area contributed by atoms with E-state index in [1.807, 2.05) is 59.5 Å². The van der Waals surface area contributed by atoms with Gasteiger partial charge in [0.2, 0.25) is 0 Å². The maximum absolute atomic E-state index is 12.9. The van der Waals surface area contributed by atoms with Crippen molar-refractivity contribution in [2.24, 2.45) is 0 Å². The Morgan fingerprint density at radius 3 is 2.37 bits per heavy atom. The van der Waals surface area contributed by atoms with Crippen LogP contribution in [0.15, 0.2) is 72.8 Å². The summed E-state index contributed by atoms with van der Waals surface area (Å²) in [6.07, 6.45) is 0.875. The van der Waals surface area contributed by atoms with Crippen molar-refractivity contribution in [3.05, 3.63) is 95.1 Å². The van der Waals surface area contributed by atoms with Crippen LogP contribution in [0.2, 0.25) is 0 Å². The minimum absolute atomic E-state index is 0.107. The van der Waals surface area contributed by atoms with Crippen LogP contribution in [0.4, 0.5) is 5.69 Å². The molecule has 2 heterocycles. The maximum atomic E-state index is 12.9. The molecule has 3 aromatic carbocycles. The Bertz CT molecular complexity index is 1160. The number of carbonyl (C=O) groups is 1. The minimum atomic E-state index is 0.107. The molecule has 5 rings (SSSR count). The van der Waals surface area contributed by atoms with E-state index in [1.165, 1.54) is 0 Å². The van der Waals surface area contributed by atoms with Crippen LogP contribution in [-0.2, 0) is 6.61 Å². The lowest BCUT2D eigenvalue weighted by Crippen LogP contribution is -2.47. The van der Waals surface area contributed by atoms with Gasteiger partial charge in [0.1, 0.15) is 12.4 Å². The number of hydrazine groups is 1. The predicted molar refractivity (Wildman–Crippen MR) is 138 cm³/mol. The van der Waals surface area contributed by atoms with Crippen LogP contribution in [0.3, 0.4) is 0 Å². The molecular formula is C28H33N5O2.